The highest BCUT2D eigenvalue weighted by atomic mass is 32.2. The van der Waals surface area contributed by atoms with E-state index in [-0.39, 0.29) is 24.3 Å². The molecule has 0 aliphatic rings. The summed E-state index contributed by atoms with van der Waals surface area (Å²) in [4.78, 5) is 10.4. The van der Waals surface area contributed by atoms with Gasteiger partial charge < -0.3 is 9.84 Å². The zero-order valence-corrected chi connectivity index (χ0v) is 11.4. The van der Waals surface area contributed by atoms with Crippen LogP contribution in [0, 0.1) is 0 Å². The fourth-order valence-electron chi connectivity index (χ4n) is 1.41. The summed E-state index contributed by atoms with van der Waals surface area (Å²) in [5.74, 6) is -0.340. The monoisotopic (exact) mass is 287 g/mol. The minimum absolute atomic E-state index is 0.0637. The fourth-order valence-corrected chi connectivity index (χ4v) is 2.49. The van der Waals surface area contributed by atoms with Crippen molar-refractivity contribution in [1.29, 1.82) is 0 Å². The van der Waals surface area contributed by atoms with Crippen molar-refractivity contribution in [2.24, 2.45) is 0 Å². The fraction of sp³-hybridized carbons (Fsp3) is 0.417. The Kier molecular flexibility index (Phi) is 5.78. The van der Waals surface area contributed by atoms with Crippen LogP contribution in [-0.4, -0.2) is 32.6 Å². The second-order valence-corrected chi connectivity index (χ2v) is 5.57. The molecule has 1 rings (SSSR count). The molecule has 7 heteroatoms. The van der Waals surface area contributed by atoms with Gasteiger partial charge in [-0.25, -0.2) is 13.1 Å². The van der Waals surface area contributed by atoms with Crippen molar-refractivity contribution in [3.8, 4) is 5.75 Å². The molecular weight excluding hydrogens is 270 g/mol. The maximum Gasteiger partial charge on any atom is 0.303 e. The molecule has 1 aromatic rings. The van der Waals surface area contributed by atoms with E-state index in [1.165, 1.54) is 12.1 Å². The van der Waals surface area contributed by atoms with Crippen LogP contribution in [0.2, 0.25) is 0 Å². The number of carbonyl (C=O) groups is 1. The maximum atomic E-state index is 11.8. The van der Waals surface area contributed by atoms with Crippen LogP contribution >= 0.6 is 0 Å². The summed E-state index contributed by atoms with van der Waals surface area (Å²) in [7, 11) is -3.59. The van der Waals surface area contributed by atoms with Gasteiger partial charge in [0.05, 0.1) is 11.5 Å². The SMILES string of the molecule is CCOc1ccc(S(=O)(=O)NCCCC(=O)O)cc1. The van der Waals surface area contributed by atoms with E-state index in [9.17, 15) is 13.2 Å². The first-order chi connectivity index (χ1) is 8.95. The molecule has 0 aliphatic carbocycles. The van der Waals surface area contributed by atoms with Gasteiger partial charge in [-0.1, -0.05) is 0 Å². The number of carboxylic acid groups (broad SMARTS) is 1. The Hall–Kier alpha value is -1.60. The van der Waals surface area contributed by atoms with E-state index >= 15 is 0 Å². The summed E-state index contributed by atoms with van der Waals surface area (Å²) in [6.45, 7) is 2.45. The van der Waals surface area contributed by atoms with E-state index in [2.05, 4.69) is 4.72 Å². The Labute approximate surface area is 112 Å². The van der Waals surface area contributed by atoms with Gasteiger partial charge in [0.2, 0.25) is 10.0 Å². The van der Waals surface area contributed by atoms with Gasteiger partial charge in [0.15, 0.2) is 0 Å². The van der Waals surface area contributed by atoms with Crippen molar-refractivity contribution in [3.63, 3.8) is 0 Å². The lowest BCUT2D eigenvalue weighted by atomic mass is 10.3. The van der Waals surface area contributed by atoms with Gasteiger partial charge in [0.1, 0.15) is 5.75 Å². The molecule has 0 heterocycles. The van der Waals surface area contributed by atoms with Crippen LogP contribution in [0.3, 0.4) is 0 Å². The van der Waals surface area contributed by atoms with E-state index in [1.807, 2.05) is 6.92 Å². The first kappa shape index (κ1) is 15.5. The average Bonchev–Trinajstić information content (AvgIpc) is 2.36. The lowest BCUT2D eigenvalue weighted by Gasteiger charge is -2.07. The number of hydrogen-bond donors (Lipinski definition) is 2. The number of ether oxygens (including phenoxy) is 1. The molecule has 0 atom stereocenters. The van der Waals surface area contributed by atoms with Crippen LogP contribution in [0.15, 0.2) is 29.2 Å². The molecule has 6 nitrogen and oxygen atoms in total. The predicted molar refractivity (Wildman–Crippen MR) is 69.7 cm³/mol. The van der Waals surface area contributed by atoms with Gasteiger partial charge in [0, 0.05) is 13.0 Å². The Bertz CT molecular complexity index is 509. The van der Waals surface area contributed by atoms with Crippen molar-refractivity contribution < 1.29 is 23.1 Å². The maximum absolute atomic E-state index is 11.8. The minimum atomic E-state index is -3.59. The molecule has 0 radical (unpaired) electrons. The van der Waals surface area contributed by atoms with E-state index in [0.717, 1.165) is 0 Å². The van der Waals surface area contributed by atoms with E-state index in [0.29, 0.717) is 12.4 Å². The van der Waals surface area contributed by atoms with Crippen molar-refractivity contribution in [2.75, 3.05) is 13.2 Å². The summed E-state index contributed by atoms with van der Waals surface area (Å²) >= 11 is 0. The third-order valence-corrected chi connectivity index (χ3v) is 3.78. The molecule has 106 valence electrons. The summed E-state index contributed by atoms with van der Waals surface area (Å²) in [6, 6.07) is 6.06. The summed E-state index contributed by atoms with van der Waals surface area (Å²) in [5.41, 5.74) is 0. The number of carboxylic acids is 1. The normalized spacial score (nSPS) is 11.2. The number of aliphatic carboxylic acids is 1. The molecule has 0 saturated heterocycles. The minimum Gasteiger partial charge on any atom is -0.494 e. The largest absolute Gasteiger partial charge is 0.494 e. The van der Waals surface area contributed by atoms with Crippen LogP contribution < -0.4 is 9.46 Å². The first-order valence-electron chi connectivity index (χ1n) is 5.90. The van der Waals surface area contributed by atoms with Crippen molar-refractivity contribution in [3.05, 3.63) is 24.3 Å². The summed E-state index contributed by atoms with van der Waals surface area (Å²) in [5, 5.41) is 8.45. The Morgan fingerprint density at radius 1 is 1.32 bits per heavy atom. The van der Waals surface area contributed by atoms with E-state index in [1.54, 1.807) is 12.1 Å². The molecule has 0 amide bonds. The molecule has 0 spiro atoms. The second-order valence-electron chi connectivity index (χ2n) is 3.80. The third kappa shape index (κ3) is 5.27. The quantitative estimate of drug-likeness (QED) is 0.701. The number of hydrogen-bond acceptors (Lipinski definition) is 4. The number of sulfonamides is 1. The highest BCUT2D eigenvalue weighted by Crippen LogP contribution is 2.15. The summed E-state index contributed by atoms with van der Waals surface area (Å²) < 4.78 is 31.3. The number of nitrogens with one attached hydrogen (secondary N) is 1. The molecule has 0 aliphatic heterocycles. The molecule has 2 N–H and O–H groups in total. The molecule has 0 bridgehead atoms. The summed E-state index contributed by atoms with van der Waals surface area (Å²) in [6.07, 6.45) is 0.192. The van der Waals surface area contributed by atoms with Crippen molar-refractivity contribution in [2.45, 2.75) is 24.7 Å². The highest BCUT2D eigenvalue weighted by Gasteiger charge is 2.13. The second kappa shape index (κ2) is 7.10. The van der Waals surface area contributed by atoms with Gasteiger partial charge >= 0.3 is 5.97 Å². The van der Waals surface area contributed by atoms with Crippen LogP contribution in [0.4, 0.5) is 0 Å². The number of rotatable bonds is 8. The topological polar surface area (TPSA) is 92.7 Å². The molecule has 19 heavy (non-hydrogen) atoms. The smallest absolute Gasteiger partial charge is 0.303 e. The van der Waals surface area contributed by atoms with Gasteiger partial charge in [-0.05, 0) is 37.6 Å². The predicted octanol–water partition coefficient (Wildman–Crippen LogP) is 1.23. The Balaban J connectivity index is 2.59. The standard InChI is InChI=1S/C12H17NO5S/c1-2-18-10-5-7-11(8-6-10)19(16,17)13-9-3-4-12(14)15/h5-8,13H,2-4,9H2,1H3,(H,14,15). The lowest BCUT2D eigenvalue weighted by molar-refractivity contribution is -0.137. The van der Waals surface area contributed by atoms with Crippen LogP contribution in [0.25, 0.3) is 0 Å². The van der Waals surface area contributed by atoms with E-state index in [4.69, 9.17) is 9.84 Å². The highest BCUT2D eigenvalue weighted by molar-refractivity contribution is 7.89. The van der Waals surface area contributed by atoms with Crippen LogP contribution in [0.5, 0.6) is 5.75 Å². The molecule has 0 fully saturated rings. The third-order valence-electron chi connectivity index (χ3n) is 2.30. The van der Waals surface area contributed by atoms with Crippen molar-refractivity contribution >= 4 is 16.0 Å². The Morgan fingerprint density at radius 2 is 1.95 bits per heavy atom. The molecule has 1 aromatic carbocycles. The van der Waals surface area contributed by atoms with Crippen LogP contribution in [0.1, 0.15) is 19.8 Å². The zero-order valence-electron chi connectivity index (χ0n) is 10.6. The number of benzene rings is 1. The van der Waals surface area contributed by atoms with Crippen molar-refractivity contribution in [1.82, 2.24) is 4.72 Å². The first-order valence-corrected chi connectivity index (χ1v) is 7.38. The Morgan fingerprint density at radius 3 is 2.47 bits per heavy atom. The lowest BCUT2D eigenvalue weighted by Crippen LogP contribution is -2.25. The van der Waals surface area contributed by atoms with Crippen LogP contribution in [-0.2, 0) is 14.8 Å². The van der Waals surface area contributed by atoms with E-state index < -0.39 is 16.0 Å². The molecule has 0 aromatic heterocycles. The molecular formula is C12H17NO5S. The van der Waals surface area contributed by atoms with Gasteiger partial charge in [0.25, 0.3) is 0 Å². The molecule has 0 unspecified atom stereocenters. The average molecular weight is 287 g/mol. The zero-order chi connectivity index (χ0) is 14.3. The molecule has 0 saturated carbocycles. The van der Waals surface area contributed by atoms with Gasteiger partial charge in [-0.2, -0.15) is 0 Å². The van der Waals surface area contributed by atoms with Gasteiger partial charge in [-0.15, -0.1) is 0 Å². The van der Waals surface area contributed by atoms with Gasteiger partial charge in [-0.3, -0.25) is 4.79 Å².